The van der Waals surface area contributed by atoms with Crippen molar-refractivity contribution in [2.45, 2.75) is 39.7 Å². The van der Waals surface area contributed by atoms with Crippen molar-refractivity contribution in [2.75, 3.05) is 65.6 Å². The number of piperidine rings is 1. The summed E-state index contributed by atoms with van der Waals surface area (Å²) < 4.78 is 5.41. The summed E-state index contributed by atoms with van der Waals surface area (Å²) in [6, 6.07) is 0. The molecule has 2 N–H and O–H groups in total. The van der Waals surface area contributed by atoms with Gasteiger partial charge in [-0.25, -0.2) is 4.98 Å². The molecule has 1 aromatic rings. The zero-order valence-corrected chi connectivity index (χ0v) is 21.7. The van der Waals surface area contributed by atoms with E-state index in [-0.39, 0.29) is 24.0 Å². The molecule has 2 aliphatic heterocycles. The van der Waals surface area contributed by atoms with Crippen molar-refractivity contribution < 1.29 is 4.74 Å². The lowest BCUT2D eigenvalue weighted by Gasteiger charge is -2.30. The van der Waals surface area contributed by atoms with Crippen LogP contribution in [0.1, 0.15) is 36.9 Å². The molecule has 0 bridgehead atoms. The Morgan fingerprint density at radius 2 is 1.97 bits per heavy atom. The lowest BCUT2D eigenvalue weighted by Crippen LogP contribution is -2.41. The zero-order chi connectivity index (χ0) is 20.3. The van der Waals surface area contributed by atoms with Crippen molar-refractivity contribution in [3.05, 3.63) is 16.1 Å². The first-order valence-corrected chi connectivity index (χ1v) is 12.1. The van der Waals surface area contributed by atoms with Gasteiger partial charge in [0.25, 0.3) is 0 Å². The molecule has 3 rings (SSSR count). The van der Waals surface area contributed by atoms with Crippen LogP contribution < -0.4 is 10.6 Å². The number of halogens is 1. The molecular formula is C21H39IN6OS. The van der Waals surface area contributed by atoms with E-state index in [0.29, 0.717) is 5.92 Å². The summed E-state index contributed by atoms with van der Waals surface area (Å²) in [5, 5.41) is 10.3. The third kappa shape index (κ3) is 9.33. The average molecular weight is 551 g/mol. The molecule has 0 saturated carbocycles. The van der Waals surface area contributed by atoms with Crippen LogP contribution in [-0.4, -0.2) is 86.3 Å². The fourth-order valence-corrected chi connectivity index (χ4v) is 4.54. The number of nitrogens with one attached hydrogen (secondary N) is 2. The van der Waals surface area contributed by atoms with E-state index in [1.54, 1.807) is 11.3 Å². The van der Waals surface area contributed by atoms with Gasteiger partial charge in [-0.2, -0.15) is 0 Å². The van der Waals surface area contributed by atoms with Gasteiger partial charge in [0.05, 0.1) is 23.9 Å². The highest BCUT2D eigenvalue weighted by Gasteiger charge is 2.20. The number of guanidine groups is 1. The molecular weight excluding hydrogens is 511 g/mol. The minimum absolute atomic E-state index is 0. The molecule has 2 fully saturated rings. The van der Waals surface area contributed by atoms with Crippen molar-refractivity contribution in [1.29, 1.82) is 0 Å². The Balaban J connectivity index is 0.00000320. The third-order valence-electron chi connectivity index (χ3n) is 5.66. The maximum absolute atomic E-state index is 5.41. The van der Waals surface area contributed by atoms with Crippen molar-refractivity contribution >= 4 is 41.3 Å². The quantitative estimate of drug-likeness (QED) is 0.213. The highest BCUT2D eigenvalue weighted by molar-refractivity contribution is 14.0. The van der Waals surface area contributed by atoms with Crippen LogP contribution in [0.25, 0.3) is 0 Å². The molecule has 0 amide bonds. The Kier molecular flexibility index (Phi) is 12.5. The van der Waals surface area contributed by atoms with Gasteiger partial charge in [-0.1, -0.05) is 0 Å². The average Bonchev–Trinajstić information content (AvgIpc) is 3.15. The summed E-state index contributed by atoms with van der Waals surface area (Å²) in [5.74, 6) is 1.65. The number of hydrogen-bond donors (Lipinski definition) is 2. The van der Waals surface area contributed by atoms with Crippen LogP contribution in [0, 0.1) is 12.8 Å². The molecule has 2 saturated heterocycles. The van der Waals surface area contributed by atoms with Gasteiger partial charge in [0, 0.05) is 44.6 Å². The van der Waals surface area contributed by atoms with Gasteiger partial charge in [-0.05, 0) is 58.7 Å². The number of aromatic nitrogens is 1. The number of rotatable bonds is 9. The zero-order valence-electron chi connectivity index (χ0n) is 18.6. The number of thiazole rings is 1. The van der Waals surface area contributed by atoms with Crippen LogP contribution in [0.5, 0.6) is 0 Å². The van der Waals surface area contributed by atoms with E-state index in [1.807, 2.05) is 0 Å². The second-order valence-corrected chi connectivity index (χ2v) is 9.09. The Morgan fingerprint density at radius 1 is 1.20 bits per heavy atom. The lowest BCUT2D eigenvalue weighted by atomic mass is 9.97. The van der Waals surface area contributed by atoms with Gasteiger partial charge in [0.15, 0.2) is 5.96 Å². The van der Waals surface area contributed by atoms with Gasteiger partial charge >= 0.3 is 0 Å². The summed E-state index contributed by atoms with van der Waals surface area (Å²) in [5.41, 5.74) is 1.22. The topological polar surface area (TPSA) is 65.0 Å². The summed E-state index contributed by atoms with van der Waals surface area (Å²) in [4.78, 5) is 14.5. The molecule has 0 aliphatic carbocycles. The first-order valence-electron chi connectivity index (χ1n) is 11.2. The third-order valence-corrected chi connectivity index (χ3v) is 6.48. The Bertz CT molecular complexity index is 614. The highest BCUT2D eigenvalue weighted by Crippen LogP contribution is 2.20. The van der Waals surface area contributed by atoms with Gasteiger partial charge in [-0.15, -0.1) is 35.3 Å². The number of aryl methyl sites for hydroxylation is 1. The summed E-state index contributed by atoms with van der Waals surface area (Å²) >= 11 is 1.75. The summed E-state index contributed by atoms with van der Waals surface area (Å²) in [7, 11) is 0. The maximum atomic E-state index is 5.41. The second kappa shape index (κ2) is 14.5. The predicted molar refractivity (Wildman–Crippen MR) is 136 cm³/mol. The minimum atomic E-state index is 0. The Morgan fingerprint density at radius 3 is 2.63 bits per heavy atom. The predicted octanol–water partition coefficient (Wildman–Crippen LogP) is 2.56. The van der Waals surface area contributed by atoms with Gasteiger partial charge in [0.2, 0.25) is 0 Å². The molecule has 0 unspecified atom stereocenters. The number of aliphatic imine (C=N–C) groups is 1. The van der Waals surface area contributed by atoms with Gasteiger partial charge in [0.1, 0.15) is 0 Å². The van der Waals surface area contributed by atoms with E-state index >= 15 is 0 Å². The number of nitrogens with zero attached hydrogens (tertiary/aromatic N) is 4. The summed E-state index contributed by atoms with van der Waals surface area (Å²) in [6.07, 6.45) is 3.59. The van der Waals surface area contributed by atoms with Gasteiger partial charge in [-0.3, -0.25) is 14.8 Å². The normalized spacial score (nSPS) is 19.5. The summed E-state index contributed by atoms with van der Waals surface area (Å²) in [6.45, 7) is 15.3. The number of morpholine rings is 1. The molecule has 3 heterocycles. The van der Waals surface area contributed by atoms with Crippen LogP contribution in [0.2, 0.25) is 0 Å². The molecule has 0 aromatic carbocycles. The molecule has 7 nitrogen and oxygen atoms in total. The Labute approximate surface area is 203 Å². The smallest absolute Gasteiger partial charge is 0.191 e. The van der Waals surface area contributed by atoms with Crippen LogP contribution >= 0.6 is 35.3 Å². The van der Waals surface area contributed by atoms with E-state index in [1.165, 1.54) is 18.5 Å². The number of ether oxygens (including phenoxy) is 1. The number of likely N-dealkylation sites (tertiary alicyclic amines) is 1. The van der Waals surface area contributed by atoms with Crippen LogP contribution in [-0.2, 0) is 11.3 Å². The minimum Gasteiger partial charge on any atom is -0.379 e. The molecule has 9 heteroatoms. The van der Waals surface area contributed by atoms with E-state index in [4.69, 9.17) is 9.73 Å². The molecule has 1 aromatic heterocycles. The monoisotopic (exact) mass is 550 g/mol. The second-order valence-electron chi connectivity index (χ2n) is 8.03. The van der Waals surface area contributed by atoms with Crippen LogP contribution in [0.4, 0.5) is 0 Å². The molecule has 30 heavy (non-hydrogen) atoms. The fraction of sp³-hybridized carbons (Fsp3) is 0.810. The van der Waals surface area contributed by atoms with Crippen LogP contribution in [0.3, 0.4) is 0 Å². The number of hydrogen-bond acceptors (Lipinski definition) is 6. The molecule has 0 atom stereocenters. The van der Waals surface area contributed by atoms with E-state index in [2.05, 4.69) is 44.6 Å². The van der Waals surface area contributed by atoms with Crippen molar-refractivity contribution in [1.82, 2.24) is 25.4 Å². The standard InChI is InChI=1S/C21H38N6OS.HI/c1-3-22-21(23-7-4-8-26-11-13-28-14-12-26)24-15-19-5-9-27(10-6-19)16-20-17-29-18(2)25-20;/h17,19H,3-16H2,1-2H3,(H2,22,23,24);1H. The first kappa shape index (κ1) is 25.8. The molecule has 0 radical (unpaired) electrons. The van der Waals surface area contributed by atoms with E-state index in [0.717, 1.165) is 89.5 Å². The molecule has 0 spiro atoms. The van der Waals surface area contributed by atoms with E-state index in [9.17, 15) is 0 Å². The van der Waals surface area contributed by atoms with Gasteiger partial charge < -0.3 is 15.4 Å². The van der Waals surface area contributed by atoms with Crippen LogP contribution in [0.15, 0.2) is 10.4 Å². The largest absolute Gasteiger partial charge is 0.379 e. The lowest BCUT2D eigenvalue weighted by molar-refractivity contribution is 0.0376. The highest BCUT2D eigenvalue weighted by atomic mass is 127. The SMILES string of the molecule is CCNC(=NCC1CCN(Cc2csc(C)n2)CC1)NCCCN1CCOCC1.I. The van der Waals surface area contributed by atoms with Crippen molar-refractivity contribution in [2.24, 2.45) is 10.9 Å². The van der Waals surface area contributed by atoms with Crippen molar-refractivity contribution in [3.8, 4) is 0 Å². The fourth-order valence-electron chi connectivity index (χ4n) is 3.93. The molecule has 2 aliphatic rings. The van der Waals surface area contributed by atoms with E-state index < -0.39 is 0 Å². The van der Waals surface area contributed by atoms with Crippen molar-refractivity contribution in [3.63, 3.8) is 0 Å². The molecule has 172 valence electrons. The Hall–Kier alpha value is -0.490. The first-order chi connectivity index (χ1) is 14.2. The maximum Gasteiger partial charge on any atom is 0.191 e.